The summed E-state index contributed by atoms with van der Waals surface area (Å²) in [5.41, 5.74) is 5.43. The van der Waals surface area contributed by atoms with Crippen molar-refractivity contribution in [1.29, 1.82) is 0 Å². The molecule has 96 valence electrons. The molecule has 0 aliphatic rings. The smallest absolute Gasteiger partial charge is 0.00772 e. The van der Waals surface area contributed by atoms with Crippen LogP contribution >= 0.6 is 0 Å². The van der Waals surface area contributed by atoms with Crippen LogP contribution in [0.2, 0.25) is 0 Å². The number of nitrogens with two attached hydrogens (primary N) is 1. The van der Waals surface area contributed by atoms with Crippen LogP contribution in [0.15, 0.2) is 12.2 Å². The second kappa shape index (κ2) is 14.7. The molecule has 0 aromatic carbocycles. The standard InChI is InChI=1S/C15H31N/c1-2-3-4-5-6-7-8-9-10-11-12-13-14-15-16/h10-11H,2-9,12-16H2,1H3. The van der Waals surface area contributed by atoms with Crippen LogP contribution in [0.3, 0.4) is 0 Å². The van der Waals surface area contributed by atoms with Gasteiger partial charge in [-0.15, -0.1) is 0 Å². The predicted octanol–water partition coefficient (Wildman–Crippen LogP) is 4.81. The molecule has 0 rings (SSSR count). The highest BCUT2D eigenvalue weighted by Crippen LogP contribution is 2.08. The first kappa shape index (κ1) is 15.7. The number of rotatable bonds is 12. The Morgan fingerprint density at radius 2 is 1.19 bits per heavy atom. The molecule has 0 aromatic heterocycles. The minimum Gasteiger partial charge on any atom is -0.330 e. The maximum atomic E-state index is 5.43. The average molecular weight is 225 g/mol. The van der Waals surface area contributed by atoms with Gasteiger partial charge in [0.15, 0.2) is 0 Å². The van der Waals surface area contributed by atoms with Crippen LogP contribution < -0.4 is 5.73 Å². The molecule has 0 heterocycles. The minimum absolute atomic E-state index is 0.839. The Labute approximate surface area is 102 Å². The van der Waals surface area contributed by atoms with Crippen LogP contribution in [0.25, 0.3) is 0 Å². The summed E-state index contributed by atoms with van der Waals surface area (Å²) in [6, 6.07) is 0. The fourth-order valence-electron chi connectivity index (χ4n) is 1.86. The van der Waals surface area contributed by atoms with E-state index < -0.39 is 0 Å². The highest BCUT2D eigenvalue weighted by atomic mass is 14.5. The van der Waals surface area contributed by atoms with Crippen molar-refractivity contribution in [2.75, 3.05) is 6.54 Å². The van der Waals surface area contributed by atoms with Gasteiger partial charge in [0, 0.05) is 0 Å². The van der Waals surface area contributed by atoms with Gasteiger partial charge in [-0.05, 0) is 38.6 Å². The molecule has 1 heteroatoms. The molecule has 0 saturated carbocycles. The zero-order valence-corrected chi connectivity index (χ0v) is 11.2. The Hall–Kier alpha value is -0.300. The molecule has 0 aromatic rings. The van der Waals surface area contributed by atoms with Gasteiger partial charge in [-0.2, -0.15) is 0 Å². The second-order valence-electron chi connectivity index (χ2n) is 4.67. The third-order valence-electron chi connectivity index (χ3n) is 2.97. The Morgan fingerprint density at radius 3 is 1.75 bits per heavy atom. The van der Waals surface area contributed by atoms with Crippen molar-refractivity contribution < 1.29 is 0 Å². The molecule has 0 saturated heterocycles. The summed E-state index contributed by atoms with van der Waals surface area (Å²) in [5.74, 6) is 0. The Kier molecular flexibility index (Phi) is 14.4. The number of hydrogen-bond donors (Lipinski definition) is 1. The SMILES string of the molecule is CCCCCCCCCC=CCCCCN. The van der Waals surface area contributed by atoms with E-state index in [0.717, 1.165) is 6.54 Å². The van der Waals surface area contributed by atoms with E-state index in [1.165, 1.54) is 70.6 Å². The van der Waals surface area contributed by atoms with Gasteiger partial charge in [0.05, 0.1) is 0 Å². The molecule has 0 unspecified atom stereocenters. The van der Waals surface area contributed by atoms with E-state index in [0.29, 0.717) is 0 Å². The van der Waals surface area contributed by atoms with Crippen molar-refractivity contribution in [1.82, 2.24) is 0 Å². The van der Waals surface area contributed by atoms with Gasteiger partial charge in [0.25, 0.3) is 0 Å². The highest BCUT2D eigenvalue weighted by molar-refractivity contribution is 4.81. The lowest BCUT2D eigenvalue weighted by atomic mass is 10.1. The molecule has 0 aliphatic heterocycles. The topological polar surface area (TPSA) is 26.0 Å². The van der Waals surface area contributed by atoms with Crippen molar-refractivity contribution in [2.45, 2.75) is 77.6 Å². The zero-order chi connectivity index (χ0) is 11.9. The van der Waals surface area contributed by atoms with E-state index in [-0.39, 0.29) is 0 Å². The van der Waals surface area contributed by atoms with Gasteiger partial charge in [0.2, 0.25) is 0 Å². The number of unbranched alkanes of at least 4 members (excludes halogenated alkanes) is 9. The molecule has 0 atom stereocenters. The van der Waals surface area contributed by atoms with Gasteiger partial charge < -0.3 is 5.73 Å². The van der Waals surface area contributed by atoms with Crippen LogP contribution in [0.4, 0.5) is 0 Å². The first-order valence-corrected chi connectivity index (χ1v) is 7.27. The van der Waals surface area contributed by atoms with E-state index in [1.807, 2.05) is 0 Å². The molecular weight excluding hydrogens is 194 g/mol. The average Bonchev–Trinajstić information content (AvgIpc) is 2.31. The third kappa shape index (κ3) is 13.7. The van der Waals surface area contributed by atoms with Crippen LogP contribution in [0.1, 0.15) is 77.6 Å². The van der Waals surface area contributed by atoms with Crippen molar-refractivity contribution in [3.05, 3.63) is 12.2 Å². The summed E-state index contributed by atoms with van der Waals surface area (Å²) in [6.07, 6.45) is 19.5. The molecule has 0 fully saturated rings. The zero-order valence-electron chi connectivity index (χ0n) is 11.2. The lowest BCUT2D eigenvalue weighted by Gasteiger charge is -1.98. The summed E-state index contributed by atoms with van der Waals surface area (Å²) in [6.45, 7) is 3.11. The van der Waals surface area contributed by atoms with Crippen molar-refractivity contribution in [2.24, 2.45) is 5.73 Å². The fraction of sp³-hybridized carbons (Fsp3) is 0.867. The van der Waals surface area contributed by atoms with Crippen LogP contribution in [0, 0.1) is 0 Å². The monoisotopic (exact) mass is 225 g/mol. The van der Waals surface area contributed by atoms with Gasteiger partial charge in [-0.3, -0.25) is 0 Å². The third-order valence-corrected chi connectivity index (χ3v) is 2.97. The predicted molar refractivity (Wildman–Crippen MR) is 74.7 cm³/mol. The molecule has 0 aliphatic carbocycles. The van der Waals surface area contributed by atoms with E-state index in [4.69, 9.17) is 5.73 Å². The summed E-state index contributed by atoms with van der Waals surface area (Å²) >= 11 is 0. The van der Waals surface area contributed by atoms with E-state index >= 15 is 0 Å². The highest BCUT2D eigenvalue weighted by Gasteiger charge is 1.89. The molecule has 16 heavy (non-hydrogen) atoms. The largest absolute Gasteiger partial charge is 0.330 e. The molecule has 0 radical (unpaired) electrons. The van der Waals surface area contributed by atoms with E-state index in [9.17, 15) is 0 Å². The maximum absolute atomic E-state index is 5.43. The number of allylic oxidation sites excluding steroid dienone is 2. The number of hydrogen-bond acceptors (Lipinski definition) is 1. The second-order valence-corrected chi connectivity index (χ2v) is 4.67. The maximum Gasteiger partial charge on any atom is -0.00772 e. The first-order valence-electron chi connectivity index (χ1n) is 7.27. The van der Waals surface area contributed by atoms with Gasteiger partial charge in [0.1, 0.15) is 0 Å². The summed E-state index contributed by atoms with van der Waals surface area (Å²) < 4.78 is 0. The lowest BCUT2D eigenvalue weighted by molar-refractivity contribution is 0.592. The molecule has 1 nitrogen and oxygen atoms in total. The lowest BCUT2D eigenvalue weighted by Crippen LogP contribution is -1.96. The fourth-order valence-corrected chi connectivity index (χ4v) is 1.86. The molecule has 0 amide bonds. The van der Waals surface area contributed by atoms with Crippen LogP contribution in [-0.2, 0) is 0 Å². The first-order chi connectivity index (χ1) is 7.91. The Bertz CT molecular complexity index is 140. The van der Waals surface area contributed by atoms with Crippen molar-refractivity contribution >= 4 is 0 Å². The van der Waals surface area contributed by atoms with Gasteiger partial charge >= 0.3 is 0 Å². The minimum atomic E-state index is 0.839. The van der Waals surface area contributed by atoms with Gasteiger partial charge in [-0.1, -0.05) is 57.6 Å². The van der Waals surface area contributed by atoms with Crippen molar-refractivity contribution in [3.63, 3.8) is 0 Å². The van der Waals surface area contributed by atoms with E-state index in [1.54, 1.807) is 0 Å². The quantitative estimate of drug-likeness (QED) is 0.374. The van der Waals surface area contributed by atoms with Crippen molar-refractivity contribution in [3.8, 4) is 0 Å². The van der Waals surface area contributed by atoms with Gasteiger partial charge in [-0.25, -0.2) is 0 Å². The van der Waals surface area contributed by atoms with Crippen LogP contribution in [-0.4, -0.2) is 6.54 Å². The molecule has 2 N–H and O–H groups in total. The molecule has 0 spiro atoms. The summed E-state index contributed by atoms with van der Waals surface area (Å²) in [7, 11) is 0. The summed E-state index contributed by atoms with van der Waals surface area (Å²) in [4.78, 5) is 0. The Balaban J connectivity index is 2.97. The molecular formula is C15H31N. The van der Waals surface area contributed by atoms with E-state index in [2.05, 4.69) is 19.1 Å². The van der Waals surface area contributed by atoms with Crippen LogP contribution in [0.5, 0.6) is 0 Å². The Morgan fingerprint density at radius 1 is 0.688 bits per heavy atom. The normalized spacial score (nSPS) is 11.4. The molecule has 0 bridgehead atoms. The summed E-state index contributed by atoms with van der Waals surface area (Å²) in [5, 5.41) is 0.